The maximum Gasteiger partial charge on any atom is 0.0723 e. The van der Waals surface area contributed by atoms with Crippen molar-refractivity contribution < 1.29 is 14.9 Å². The molecule has 2 N–H and O–H groups in total. The third-order valence-electron chi connectivity index (χ3n) is 6.45. The summed E-state index contributed by atoms with van der Waals surface area (Å²) in [4.78, 5) is 2.14. The topological polar surface area (TPSA) is 52.9 Å². The Labute approximate surface area is 172 Å². The first-order valence-corrected chi connectivity index (χ1v) is 11.4. The molecule has 28 heavy (non-hydrogen) atoms. The molecule has 0 bridgehead atoms. The van der Waals surface area contributed by atoms with Gasteiger partial charge in [0.2, 0.25) is 0 Å². The summed E-state index contributed by atoms with van der Waals surface area (Å²) in [6.07, 6.45) is 13.2. The molecule has 0 aliphatic heterocycles. The van der Waals surface area contributed by atoms with Gasteiger partial charge in [-0.2, -0.15) is 0 Å². The number of unbranched alkanes of at least 4 members (excludes halogenated alkanes) is 1. The van der Waals surface area contributed by atoms with Gasteiger partial charge in [0.15, 0.2) is 0 Å². The van der Waals surface area contributed by atoms with Crippen molar-refractivity contribution in [2.45, 2.75) is 71.0 Å². The molecule has 0 amide bonds. The first-order valence-electron chi connectivity index (χ1n) is 11.4. The molecule has 0 spiro atoms. The zero-order chi connectivity index (χ0) is 20.5. The zero-order valence-electron chi connectivity index (χ0n) is 18.5. The number of allylic oxidation sites excluding steroid dienone is 1. The van der Waals surface area contributed by atoms with Crippen LogP contribution in [0.1, 0.15) is 58.8 Å². The van der Waals surface area contributed by atoms with Gasteiger partial charge in [-0.25, -0.2) is 0 Å². The second-order valence-corrected chi connectivity index (χ2v) is 9.34. The van der Waals surface area contributed by atoms with Gasteiger partial charge in [-0.1, -0.05) is 56.9 Å². The van der Waals surface area contributed by atoms with Gasteiger partial charge in [-0.05, 0) is 57.5 Å². The van der Waals surface area contributed by atoms with Crippen molar-refractivity contribution in [2.75, 3.05) is 33.9 Å². The minimum atomic E-state index is -0.392. The zero-order valence-corrected chi connectivity index (χ0v) is 18.5. The second-order valence-electron chi connectivity index (χ2n) is 9.34. The van der Waals surface area contributed by atoms with Crippen LogP contribution >= 0.6 is 0 Å². The molecule has 0 aromatic heterocycles. The fourth-order valence-electron chi connectivity index (χ4n) is 4.76. The van der Waals surface area contributed by atoms with E-state index in [1.807, 2.05) is 6.08 Å². The van der Waals surface area contributed by atoms with Crippen LogP contribution in [0.5, 0.6) is 0 Å². The summed E-state index contributed by atoms with van der Waals surface area (Å²) in [5.74, 6) is 1.71. The molecule has 4 heteroatoms. The molecule has 6 atom stereocenters. The van der Waals surface area contributed by atoms with Crippen LogP contribution in [-0.4, -0.2) is 61.2 Å². The van der Waals surface area contributed by atoms with Crippen LogP contribution in [0, 0.1) is 23.7 Å². The van der Waals surface area contributed by atoms with Crippen molar-refractivity contribution in [3.05, 3.63) is 23.8 Å². The van der Waals surface area contributed by atoms with Crippen molar-refractivity contribution in [1.29, 1.82) is 0 Å². The predicted octanol–water partition coefficient (Wildman–Crippen LogP) is 4.03. The Balaban J connectivity index is 1.75. The van der Waals surface area contributed by atoms with Crippen molar-refractivity contribution in [3.8, 4) is 0 Å². The van der Waals surface area contributed by atoms with E-state index in [1.165, 1.54) is 24.8 Å². The van der Waals surface area contributed by atoms with E-state index in [4.69, 9.17) is 4.74 Å². The lowest BCUT2D eigenvalue weighted by molar-refractivity contribution is 0.119. The summed E-state index contributed by atoms with van der Waals surface area (Å²) in [5, 5.41) is 20.9. The average molecular weight is 394 g/mol. The van der Waals surface area contributed by atoms with Crippen LogP contribution in [0.3, 0.4) is 0 Å². The molecule has 2 aliphatic carbocycles. The number of aliphatic hydroxyl groups excluding tert-OH is 2. The molecule has 4 nitrogen and oxygen atoms in total. The summed E-state index contributed by atoms with van der Waals surface area (Å²) in [7, 11) is 4.12. The van der Waals surface area contributed by atoms with E-state index in [-0.39, 0.29) is 12.0 Å². The van der Waals surface area contributed by atoms with Gasteiger partial charge in [0.25, 0.3) is 0 Å². The van der Waals surface area contributed by atoms with E-state index < -0.39 is 6.10 Å². The molecule has 0 radical (unpaired) electrons. The lowest BCUT2D eigenvalue weighted by atomic mass is 9.88. The number of hydrogen-bond acceptors (Lipinski definition) is 4. The van der Waals surface area contributed by atoms with E-state index in [0.29, 0.717) is 17.8 Å². The first kappa shape index (κ1) is 23.6. The summed E-state index contributed by atoms with van der Waals surface area (Å²) in [6.45, 7) is 6.97. The van der Waals surface area contributed by atoms with Crippen LogP contribution in [0.15, 0.2) is 23.8 Å². The monoisotopic (exact) mass is 393 g/mol. The van der Waals surface area contributed by atoms with E-state index in [1.54, 1.807) is 0 Å². The third-order valence-corrected chi connectivity index (χ3v) is 6.45. The summed E-state index contributed by atoms with van der Waals surface area (Å²) < 4.78 is 5.74. The number of likely N-dealkylation sites (N-methyl/N-ethyl adjacent to an activating group) is 1. The standard InChI is InChI=1S/C24H43NO3/c1-5-6-7-18(2)14-21(26)8-9-22-23-16-19(15-20(23)17-24(22)27)10-12-28-13-11-25(3)4/h8-9,15,18,20-24,26-27H,5-7,10-14,16-17H2,1-4H3/b9-8+/t18-,20-,21+,22+,23-,24+/m0/s1. The Morgan fingerprint density at radius 1 is 1.32 bits per heavy atom. The normalized spacial score (nSPS) is 29.5. The molecule has 162 valence electrons. The van der Waals surface area contributed by atoms with Crippen LogP contribution in [0.4, 0.5) is 0 Å². The van der Waals surface area contributed by atoms with E-state index in [9.17, 15) is 10.2 Å². The molecular formula is C24H43NO3. The van der Waals surface area contributed by atoms with E-state index >= 15 is 0 Å². The summed E-state index contributed by atoms with van der Waals surface area (Å²) in [6, 6.07) is 0. The summed E-state index contributed by atoms with van der Waals surface area (Å²) >= 11 is 0. The molecule has 1 saturated carbocycles. The molecule has 2 rings (SSSR count). The molecule has 0 saturated heterocycles. The third kappa shape index (κ3) is 7.62. The van der Waals surface area contributed by atoms with Crippen LogP contribution < -0.4 is 0 Å². The fourth-order valence-corrected chi connectivity index (χ4v) is 4.76. The minimum absolute atomic E-state index is 0.175. The largest absolute Gasteiger partial charge is 0.392 e. The van der Waals surface area contributed by atoms with Gasteiger partial charge in [0.1, 0.15) is 0 Å². The maximum atomic E-state index is 10.5. The van der Waals surface area contributed by atoms with Crippen molar-refractivity contribution in [2.24, 2.45) is 23.7 Å². The highest BCUT2D eigenvalue weighted by atomic mass is 16.5. The number of hydrogen-bond donors (Lipinski definition) is 2. The second kappa shape index (κ2) is 12.1. The predicted molar refractivity (Wildman–Crippen MR) is 116 cm³/mol. The minimum Gasteiger partial charge on any atom is -0.392 e. The van der Waals surface area contributed by atoms with Gasteiger partial charge in [-0.15, -0.1) is 0 Å². The van der Waals surface area contributed by atoms with E-state index in [2.05, 4.69) is 45.0 Å². The van der Waals surface area contributed by atoms with Gasteiger partial charge in [0, 0.05) is 12.5 Å². The van der Waals surface area contributed by atoms with Crippen LogP contribution in [0.2, 0.25) is 0 Å². The van der Waals surface area contributed by atoms with Gasteiger partial charge in [0.05, 0.1) is 25.4 Å². The maximum absolute atomic E-state index is 10.5. The van der Waals surface area contributed by atoms with Gasteiger partial charge in [-0.3, -0.25) is 0 Å². The fraction of sp³-hybridized carbons (Fsp3) is 0.833. The quantitative estimate of drug-likeness (QED) is 0.366. The van der Waals surface area contributed by atoms with Crippen LogP contribution in [0.25, 0.3) is 0 Å². The average Bonchev–Trinajstić information content (AvgIpc) is 3.14. The first-order chi connectivity index (χ1) is 13.4. The van der Waals surface area contributed by atoms with E-state index in [0.717, 1.165) is 45.4 Å². The van der Waals surface area contributed by atoms with Crippen molar-refractivity contribution >= 4 is 0 Å². The molecule has 2 aliphatic rings. The highest BCUT2D eigenvalue weighted by Crippen LogP contribution is 2.47. The van der Waals surface area contributed by atoms with Crippen LogP contribution in [-0.2, 0) is 4.74 Å². The lowest BCUT2D eigenvalue weighted by Crippen LogP contribution is -2.19. The van der Waals surface area contributed by atoms with Gasteiger partial charge < -0.3 is 19.8 Å². The number of ether oxygens (including phenoxy) is 1. The Bertz CT molecular complexity index is 502. The summed E-state index contributed by atoms with van der Waals surface area (Å²) in [5.41, 5.74) is 1.49. The number of rotatable bonds is 13. The molecular weight excluding hydrogens is 350 g/mol. The SMILES string of the molecule is CCCC[C@H](C)C[C@H](O)/C=C/[C@@H]1[C@H]2CC(CCOCCN(C)C)=C[C@H]2C[C@H]1O. The Kier molecular flexibility index (Phi) is 10.2. The molecule has 1 fully saturated rings. The lowest BCUT2D eigenvalue weighted by Gasteiger charge is -2.19. The molecule has 0 heterocycles. The van der Waals surface area contributed by atoms with Crippen molar-refractivity contribution in [3.63, 3.8) is 0 Å². The molecule has 0 unspecified atom stereocenters. The van der Waals surface area contributed by atoms with Crippen molar-refractivity contribution in [1.82, 2.24) is 4.90 Å². The highest BCUT2D eigenvalue weighted by molar-refractivity contribution is 5.21. The molecule has 0 aromatic carbocycles. The Hall–Kier alpha value is -0.680. The Morgan fingerprint density at radius 3 is 2.82 bits per heavy atom. The smallest absolute Gasteiger partial charge is 0.0723 e. The number of aliphatic hydroxyl groups is 2. The Morgan fingerprint density at radius 2 is 2.11 bits per heavy atom. The number of fused-ring (bicyclic) bond motifs is 1. The number of nitrogens with zero attached hydrogens (tertiary/aromatic N) is 1. The highest BCUT2D eigenvalue weighted by Gasteiger charge is 2.43. The molecule has 0 aromatic rings. The van der Waals surface area contributed by atoms with Gasteiger partial charge >= 0.3 is 0 Å².